The molecule has 0 spiro atoms. The molecule has 0 aliphatic carbocycles. The zero-order valence-corrected chi connectivity index (χ0v) is 29.9. The second-order valence-corrected chi connectivity index (χ2v) is 14.8. The molecule has 7 rings (SSSR count). The molecule has 0 saturated heterocycles. The minimum Gasteiger partial charge on any atom is -0.455 e. The van der Waals surface area contributed by atoms with Crippen LogP contribution in [0.15, 0.2) is 53.1 Å². The quantitative estimate of drug-likeness (QED) is 0.146. The molecular formula is C35H35B9FNO. The Morgan fingerprint density at radius 1 is 0.574 bits per heavy atom. The number of halogens is 1. The monoisotopic (exact) mass is 603 g/mol. The molecule has 0 atom stereocenters. The largest absolute Gasteiger partial charge is 0.455 e. The molecule has 2 aromatic heterocycles. The topological polar surface area (TPSA) is 26.0 Å². The Hall–Kier alpha value is -3.92. The number of fused-ring (bicyclic) bond motifs is 6. The van der Waals surface area contributed by atoms with E-state index in [1.54, 1.807) is 6.07 Å². The highest BCUT2D eigenvalue weighted by Gasteiger charge is 2.27. The van der Waals surface area contributed by atoms with Gasteiger partial charge in [-0.25, -0.2) is 4.39 Å². The van der Waals surface area contributed by atoms with Gasteiger partial charge >= 0.3 is 0 Å². The van der Waals surface area contributed by atoms with Gasteiger partial charge in [-0.1, -0.05) is 60.2 Å². The van der Waals surface area contributed by atoms with Gasteiger partial charge in [0.05, 0.1) is 11.3 Å². The lowest BCUT2D eigenvalue weighted by molar-refractivity contribution is 0.589. The van der Waals surface area contributed by atoms with Gasteiger partial charge in [-0.3, -0.25) is 4.98 Å². The molecule has 0 amide bonds. The zero-order valence-electron chi connectivity index (χ0n) is 29.9. The fourth-order valence-electron chi connectivity index (χ4n) is 7.97. The van der Waals surface area contributed by atoms with Crippen LogP contribution in [0.5, 0.6) is 0 Å². The van der Waals surface area contributed by atoms with Crippen molar-refractivity contribution in [3.8, 4) is 22.4 Å². The fraction of sp³-hybridized carbons (Fsp3) is 0.114. The SMILES string of the molecule is Bc1c(B)c(B)c2c(c1B)c(B)c(-c1c(F)ccc3c1oc1c(-c4cc(C(C)(C)C)ccn4)cccc13)c1c(B)c(B)c(B)c(B)c12. The van der Waals surface area contributed by atoms with Gasteiger partial charge in [0.15, 0.2) is 0 Å². The van der Waals surface area contributed by atoms with Crippen molar-refractivity contribution < 1.29 is 8.81 Å². The third-order valence-electron chi connectivity index (χ3n) is 11.4. The molecule has 2 heterocycles. The second kappa shape index (κ2) is 10.8. The first-order chi connectivity index (χ1) is 22.1. The number of para-hydroxylation sites is 1. The molecular weight excluding hydrogens is 567 g/mol. The summed E-state index contributed by atoms with van der Waals surface area (Å²) < 4.78 is 23.6. The molecule has 0 unspecified atom stereocenters. The maximum atomic E-state index is 16.7. The average Bonchev–Trinajstić information content (AvgIpc) is 3.42. The third kappa shape index (κ3) is 4.46. The first-order valence-corrected chi connectivity index (χ1v) is 16.7. The Kier molecular flexibility index (Phi) is 7.28. The van der Waals surface area contributed by atoms with Crippen molar-refractivity contribution in [1.82, 2.24) is 4.98 Å². The Morgan fingerprint density at radius 2 is 1.13 bits per heavy atom. The summed E-state index contributed by atoms with van der Waals surface area (Å²) in [5.41, 5.74) is 16.9. The van der Waals surface area contributed by atoms with Crippen LogP contribution in [0.4, 0.5) is 4.39 Å². The highest BCUT2D eigenvalue weighted by molar-refractivity contribution is 6.73. The molecule has 0 saturated carbocycles. The van der Waals surface area contributed by atoms with Gasteiger partial charge in [0, 0.05) is 22.5 Å². The third-order valence-corrected chi connectivity index (χ3v) is 11.4. The number of furan rings is 1. The molecule has 0 aliphatic heterocycles. The molecule has 47 heavy (non-hydrogen) atoms. The van der Waals surface area contributed by atoms with E-state index in [-0.39, 0.29) is 11.2 Å². The number of hydrogen-bond acceptors (Lipinski definition) is 2. The van der Waals surface area contributed by atoms with Crippen LogP contribution in [0.1, 0.15) is 26.3 Å². The van der Waals surface area contributed by atoms with E-state index in [4.69, 9.17) is 9.40 Å². The lowest BCUT2D eigenvalue weighted by Gasteiger charge is -2.27. The zero-order chi connectivity index (χ0) is 33.9. The lowest BCUT2D eigenvalue weighted by atomic mass is 9.58. The van der Waals surface area contributed by atoms with Crippen LogP contribution in [-0.4, -0.2) is 75.6 Å². The summed E-state index contributed by atoms with van der Waals surface area (Å²) in [6.07, 6.45) is 1.87. The van der Waals surface area contributed by atoms with Crippen LogP contribution in [0.25, 0.3) is 65.9 Å². The minimum atomic E-state index is -0.275. The number of nitrogens with zero attached hydrogens (tertiary/aromatic N) is 1. The summed E-state index contributed by atoms with van der Waals surface area (Å²) in [7, 11) is 19.9. The van der Waals surface area contributed by atoms with E-state index in [9.17, 15) is 0 Å². The normalized spacial score (nSPS) is 12.2. The highest BCUT2D eigenvalue weighted by atomic mass is 19.1. The van der Waals surface area contributed by atoms with Crippen LogP contribution in [0, 0.1) is 5.82 Å². The van der Waals surface area contributed by atoms with Crippen molar-refractivity contribution in [2.45, 2.75) is 26.2 Å². The molecule has 7 aromatic rings. The van der Waals surface area contributed by atoms with Gasteiger partial charge in [-0.05, 0) is 68.4 Å². The molecule has 2 nitrogen and oxygen atoms in total. The van der Waals surface area contributed by atoms with Crippen LogP contribution < -0.4 is 49.2 Å². The van der Waals surface area contributed by atoms with E-state index in [2.05, 4.69) is 122 Å². The molecule has 0 fully saturated rings. The molecule has 0 bridgehead atoms. The van der Waals surface area contributed by atoms with Crippen molar-refractivity contribution >= 4 is 163 Å². The van der Waals surface area contributed by atoms with E-state index in [1.807, 2.05) is 12.3 Å². The van der Waals surface area contributed by atoms with Gasteiger partial charge in [-0.2, -0.15) is 0 Å². The molecule has 0 radical (unpaired) electrons. The number of rotatable bonds is 2. The molecule has 5 aromatic carbocycles. The number of pyridine rings is 1. The number of hydrogen-bond donors (Lipinski definition) is 0. The summed E-state index contributed by atoms with van der Waals surface area (Å²) in [5, 5.41) is 6.71. The summed E-state index contributed by atoms with van der Waals surface area (Å²) in [5.74, 6) is -0.275. The highest BCUT2D eigenvalue weighted by Crippen LogP contribution is 2.42. The molecule has 12 heteroatoms. The van der Waals surface area contributed by atoms with Crippen LogP contribution >= 0.6 is 0 Å². The maximum Gasteiger partial charge on any atom is 0.146 e. The Bertz CT molecular complexity index is 2520. The van der Waals surface area contributed by atoms with E-state index in [0.29, 0.717) is 11.1 Å². The summed E-state index contributed by atoms with van der Waals surface area (Å²) >= 11 is 0. The van der Waals surface area contributed by atoms with Crippen molar-refractivity contribution in [3.05, 3.63) is 60.0 Å². The number of benzene rings is 5. The smallest absolute Gasteiger partial charge is 0.146 e. The van der Waals surface area contributed by atoms with Gasteiger partial charge in [0.2, 0.25) is 0 Å². The first kappa shape index (κ1) is 31.7. The molecule has 0 N–H and O–H groups in total. The average molecular weight is 602 g/mol. The van der Waals surface area contributed by atoms with Gasteiger partial charge in [0.1, 0.15) is 87.6 Å². The Balaban J connectivity index is 1.69. The van der Waals surface area contributed by atoms with E-state index in [1.165, 1.54) is 65.4 Å². The maximum absolute atomic E-state index is 16.7. The number of aromatic nitrogens is 1. The summed E-state index contributed by atoms with van der Waals surface area (Å²) in [6.45, 7) is 6.62. The second-order valence-electron chi connectivity index (χ2n) is 14.8. The molecule has 220 valence electrons. The van der Waals surface area contributed by atoms with E-state index < -0.39 is 0 Å². The Labute approximate surface area is 284 Å². The minimum absolute atomic E-state index is 0.0235. The lowest BCUT2D eigenvalue weighted by Crippen LogP contribution is -2.51. The van der Waals surface area contributed by atoms with Crippen molar-refractivity contribution in [2.75, 3.05) is 0 Å². The summed E-state index contributed by atoms with van der Waals surface area (Å²) in [6, 6.07) is 13.9. The van der Waals surface area contributed by atoms with Crippen molar-refractivity contribution in [1.29, 1.82) is 0 Å². The molecule has 0 aliphatic rings. The predicted octanol–water partition coefficient (Wildman–Crippen LogP) is -5.62. The van der Waals surface area contributed by atoms with Crippen LogP contribution in [-0.2, 0) is 5.41 Å². The van der Waals surface area contributed by atoms with Gasteiger partial charge in [-0.15, -0.1) is 21.9 Å². The van der Waals surface area contributed by atoms with Crippen LogP contribution in [0.2, 0.25) is 0 Å². The van der Waals surface area contributed by atoms with E-state index >= 15 is 4.39 Å². The van der Waals surface area contributed by atoms with Crippen molar-refractivity contribution in [2.24, 2.45) is 0 Å². The standard InChI is InChI=1S/C35H35B9FNO/c1-35(2,3)12-9-10-46-17(11-12)15-6-4-5-13-14-7-8-16(45)18(34(14)47-33(13)15)19-20-21(26(38)30(42)29(41)25(20)37)22-23(24(19)36)28(40)32(44)31(43)27(22)39/h4-11H,36-44H2,1-3H3. The fourth-order valence-corrected chi connectivity index (χ4v) is 7.97. The van der Waals surface area contributed by atoms with Gasteiger partial charge in [0.25, 0.3) is 0 Å². The first-order valence-electron chi connectivity index (χ1n) is 16.7. The predicted molar refractivity (Wildman–Crippen MR) is 230 cm³/mol. The van der Waals surface area contributed by atoms with Crippen molar-refractivity contribution in [3.63, 3.8) is 0 Å². The summed E-state index contributed by atoms with van der Waals surface area (Å²) in [4.78, 5) is 4.77. The van der Waals surface area contributed by atoms with Crippen LogP contribution in [0.3, 0.4) is 0 Å². The van der Waals surface area contributed by atoms with E-state index in [0.717, 1.165) is 44.0 Å². The Morgan fingerprint density at radius 3 is 1.74 bits per heavy atom. The van der Waals surface area contributed by atoms with Gasteiger partial charge < -0.3 is 4.42 Å².